The lowest BCUT2D eigenvalue weighted by molar-refractivity contribution is -0.113. The zero-order valence-corrected chi connectivity index (χ0v) is 20.9. The molecule has 0 spiro atoms. The van der Waals surface area contributed by atoms with Gasteiger partial charge in [-0.3, -0.25) is 9.59 Å². The largest absolute Gasteiger partial charge is 0.497 e. The van der Waals surface area contributed by atoms with Crippen molar-refractivity contribution in [2.75, 3.05) is 18.2 Å². The van der Waals surface area contributed by atoms with Crippen molar-refractivity contribution in [3.05, 3.63) is 59.9 Å². The van der Waals surface area contributed by atoms with Crippen molar-refractivity contribution >= 4 is 29.1 Å². The molecular weight excluding hydrogens is 452 g/mol. The molecule has 1 aromatic heterocycles. The molecule has 180 valence electrons. The SMILES string of the molecule is COc1ccc(OC(C)c2nnc(SCC(=O)Nc3cccc(C(C)=O)c3)n2CC(C)C)cc1. The Kier molecular flexibility index (Phi) is 8.70. The molecule has 0 saturated carbocycles. The summed E-state index contributed by atoms with van der Waals surface area (Å²) in [6, 6.07) is 14.3. The molecule has 0 radical (unpaired) electrons. The molecule has 34 heavy (non-hydrogen) atoms. The number of nitrogens with zero attached hydrogens (tertiary/aromatic N) is 3. The van der Waals surface area contributed by atoms with E-state index in [1.165, 1.54) is 18.7 Å². The summed E-state index contributed by atoms with van der Waals surface area (Å²) in [5.74, 6) is 2.43. The lowest BCUT2D eigenvalue weighted by atomic mass is 10.1. The van der Waals surface area contributed by atoms with Crippen LogP contribution in [0.3, 0.4) is 0 Å². The molecule has 0 bridgehead atoms. The maximum absolute atomic E-state index is 12.5. The molecular formula is C25H30N4O4S. The van der Waals surface area contributed by atoms with Gasteiger partial charge >= 0.3 is 0 Å². The number of Topliss-reactive ketones (excluding diaryl/α,β-unsaturated/α-hetero) is 1. The summed E-state index contributed by atoms with van der Waals surface area (Å²) in [5, 5.41) is 12.2. The number of carbonyl (C=O) groups is 2. The van der Waals surface area contributed by atoms with Gasteiger partial charge in [0.1, 0.15) is 11.5 Å². The Morgan fingerprint density at radius 2 is 1.76 bits per heavy atom. The minimum atomic E-state index is -0.336. The first kappa shape index (κ1) is 25.3. The van der Waals surface area contributed by atoms with Crippen LogP contribution >= 0.6 is 11.8 Å². The van der Waals surface area contributed by atoms with E-state index >= 15 is 0 Å². The Morgan fingerprint density at radius 3 is 2.41 bits per heavy atom. The predicted octanol–water partition coefficient (Wildman–Crippen LogP) is 5.02. The van der Waals surface area contributed by atoms with E-state index in [2.05, 4.69) is 29.4 Å². The number of anilines is 1. The van der Waals surface area contributed by atoms with Gasteiger partial charge in [0.15, 0.2) is 22.9 Å². The van der Waals surface area contributed by atoms with Gasteiger partial charge in [0, 0.05) is 17.8 Å². The fourth-order valence-electron chi connectivity index (χ4n) is 3.30. The maximum Gasteiger partial charge on any atom is 0.234 e. The molecule has 0 aliphatic heterocycles. The van der Waals surface area contributed by atoms with Gasteiger partial charge in [0.25, 0.3) is 0 Å². The van der Waals surface area contributed by atoms with Crippen molar-refractivity contribution in [2.24, 2.45) is 5.92 Å². The summed E-state index contributed by atoms with van der Waals surface area (Å²) >= 11 is 1.31. The molecule has 3 rings (SSSR count). The van der Waals surface area contributed by atoms with Crippen molar-refractivity contribution in [3.8, 4) is 11.5 Å². The predicted molar refractivity (Wildman–Crippen MR) is 133 cm³/mol. The molecule has 1 N–H and O–H groups in total. The molecule has 0 saturated heterocycles. The van der Waals surface area contributed by atoms with Crippen molar-refractivity contribution in [1.82, 2.24) is 14.8 Å². The van der Waals surface area contributed by atoms with E-state index in [-0.39, 0.29) is 23.5 Å². The van der Waals surface area contributed by atoms with Crippen LogP contribution in [0.25, 0.3) is 0 Å². The zero-order chi connectivity index (χ0) is 24.7. The van der Waals surface area contributed by atoms with Crippen LogP contribution in [0.4, 0.5) is 5.69 Å². The highest BCUT2D eigenvalue weighted by molar-refractivity contribution is 7.99. The number of aromatic nitrogens is 3. The quantitative estimate of drug-likeness (QED) is 0.303. The topological polar surface area (TPSA) is 95.3 Å². The van der Waals surface area contributed by atoms with Crippen molar-refractivity contribution < 1.29 is 19.1 Å². The van der Waals surface area contributed by atoms with Crippen LogP contribution < -0.4 is 14.8 Å². The normalized spacial score (nSPS) is 11.8. The summed E-state index contributed by atoms with van der Waals surface area (Å²) in [7, 11) is 1.62. The minimum Gasteiger partial charge on any atom is -0.497 e. The van der Waals surface area contributed by atoms with E-state index in [0.29, 0.717) is 40.4 Å². The highest BCUT2D eigenvalue weighted by atomic mass is 32.2. The van der Waals surface area contributed by atoms with Crippen LogP contribution in [0.1, 0.15) is 50.0 Å². The lowest BCUT2D eigenvalue weighted by Gasteiger charge is -2.18. The number of hydrogen-bond donors (Lipinski definition) is 1. The Balaban J connectivity index is 1.68. The second kappa shape index (κ2) is 11.7. The summed E-state index contributed by atoms with van der Waals surface area (Å²) in [6.45, 7) is 8.34. The van der Waals surface area contributed by atoms with Gasteiger partial charge in [0.05, 0.1) is 12.9 Å². The molecule has 1 heterocycles. The van der Waals surface area contributed by atoms with Gasteiger partial charge in [-0.1, -0.05) is 37.7 Å². The Bertz CT molecular complexity index is 1130. The molecule has 9 heteroatoms. The van der Waals surface area contributed by atoms with Gasteiger partial charge in [-0.15, -0.1) is 10.2 Å². The van der Waals surface area contributed by atoms with Gasteiger partial charge in [-0.05, 0) is 56.2 Å². The van der Waals surface area contributed by atoms with Crippen LogP contribution in [0.2, 0.25) is 0 Å². The third-order valence-corrected chi connectivity index (χ3v) is 5.88. The van der Waals surface area contributed by atoms with Crippen LogP contribution in [-0.4, -0.2) is 39.3 Å². The fraction of sp³-hybridized carbons (Fsp3) is 0.360. The molecule has 3 aromatic rings. The Labute approximate surface area is 204 Å². The van der Waals surface area contributed by atoms with E-state index in [1.54, 1.807) is 31.4 Å². The standard InChI is InChI=1S/C25H30N4O4S/c1-16(2)14-29-24(18(4)33-22-11-9-21(32-5)10-12-22)27-28-25(29)34-15-23(31)26-20-8-6-7-19(13-20)17(3)30/h6-13,16,18H,14-15H2,1-5H3,(H,26,31). The van der Waals surface area contributed by atoms with Gasteiger partial charge in [-0.25, -0.2) is 0 Å². The third-order valence-electron chi connectivity index (χ3n) is 4.91. The monoisotopic (exact) mass is 482 g/mol. The number of ketones is 1. The summed E-state index contributed by atoms with van der Waals surface area (Å²) < 4.78 is 13.3. The van der Waals surface area contributed by atoms with Gasteiger partial charge < -0.3 is 19.4 Å². The smallest absolute Gasteiger partial charge is 0.234 e. The molecule has 0 aliphatic rings. The third kappa shape index (κ3) is 6.84. The maximum atomic E-state index is 12.5. The summed E-state index contributed by atoms with van der Waals surface area (Å²) in [4.78, 5) is 24.1. The molecule has 1 amide bonds. The first-order valence-electron chi connectivity index (χ1n) is 11.0. The first-order valence-corrected chi connectivity index (χ1v) is 12.0. The fourth-order valence-corrected chi connectivity index (χ4v) is 4.05. The van der Waals surface area contributed by atoms with E-state index in [1.807, 2.05) is 35.8 Å². The van der Waals surface area contributed by atoms with Gasteiger partial charge in [0.2, 0.25) is 5.91 Å². The van der Waals surface area contributed by atoms with Crippen molar-refractivity contribution in [3.63, 3.8) is 0 Å². The molecule has 1 atom stereocenters. The second-order valence-corrected chi connectivity index (χ2v) is 9.20. The first-order chi connectivity index (χ1) is 16.3. The molecule has 2 aromatic carbocycles. The van der Waals surface area contributed by atoms with Crippen LogP contribution in [0, 0.1) is 5.92 Å². The zero-order valence-electron chi connectivity index (χ0n) is 20.1. The van der Waals surface area contributed by atoms with E-state index < -0.39 is 0 Å². The molecule has 8 nitrogen and oxygen atoms in total. The lowest BCUT2D eigenvalue weighted by Crippen LogP contribution is -2.17. The summed E-state index contributed by atoms with van der Waals surface area (Å²) in [5.41, 5.74) is 1.14. The number of methoxy groups -OCH3 is 1. The van der Waals surface area contributed by atoms with Crippen LogP contribution in [0.5, 0.6) is 11.5 Å². The average molecular weight is 483 g/mol. The summed E-state index contributed by atoms with van der Waals surface area (Å²) in [6.07, 6.45) is -0.336. The van der Waals surface area contributed by atoms with Crippen LogP contribution in [0.15, 0.2) is 53.7 Å². The number of benzene rings is 2. The number of nitrogens with one attached hydrogen (secondary N) is 1. The van der Waals surface area contributed by atoms with Crippen molar-refractivity contribution in [1.29, 1.82) is 0 Å². The number of ether oxygens (including phenoxy) is 2. The average Bonchev–Trinajstić information content (AvgIpc) is 3.20. The number of rotatable bonds is 11. The molecule has 0 aliphatic carbocycles. The van der Waals surface area contributed by atoms with E-state index in [9.17, 15) is 9.59 Å². The highest BCUT2D eigenvalue weighted by Gasteiger charge is 2.21. The van der Waals surface area contributed by atoms with Gasteiger partial charge in [-0.2, -0.15) is 0 Å². The molecule has 0 fully saturated rings. The second-order valence-electron chi connectivity index (χ2n) is 8.25. The molecule has 1 unspecified atom stereocenters. The van der Waals surface area contributed by atoms with E-state index in [4.69, 9.17) is 9.47 Å². The Morgan fingerprint density at radius 1 is 1.06 bits per heavy atom. The number of thioether (sulfide) groups is 1. The van der Waals surface area contributed by atoms with E-state index in [0.717, 1.165) is 5.75 Å². The number of hydrogen-bond acceptors (Lipinski definition) is 7. The Hall–Kier alpha value is -3.33. The minimum absolute atomic E-state index is 0.0502. The van der Waals surface area contributed by atoms with Crippen LogP contribution in [-0.2, 0) is 11.3 Å². The number of amides is 1. The highest BCUT2D eigenvalue weighted by Crippen LogP contribution is 2.27. The van der Waals surface area contributed by atoms with Crippen molar-refractivity contribution in [2.45, 2.75) is 45.5 Å². The number of carbonyl (C=O) groups excluding carboxylic acids is 2.